The highest BCUT2D eigenvalue weighted by Crippen LogP contribution is 2.37. The van der Waals surface area contributed by atoms with Crippen LogP contribution in [0.5, 0.6) is 5.75 Å². The minimum atomic E-state index is 0.0556. The van der Waals surface area contributed by atoms with E-state index in [1.807, 2.05) is 0 Å². The van der Waals surface area contributed by atoms with Crippen LogP contribution in [0.1, 0.15) is 42.1 Å². The maximum atomic E-state index is 6.63. The highest BCUT2D eigenvalue weighted by molar-refractivity contribution is 5.35. The van der Waals surface area contributed by atoms with Crippen LogP contribution in [-0.2, 0) is 17.6 Å². The molecule has 2 N–H and O–H groups in total. The first-order valence-electron chi connectivity index (χ1n) is 10.6. The minimum Gasteiger partial charge on any atom is -0.484 e. The fourth-order valence-electron chi connectivity index (χ4n) is 4.66. The molecule has 0 bridgehead atoms. The normalized spacial score (nSPS) is 25.3. The molecule has 28 heavy (non-hydrogen) atoms. The van der Waals surface area contributed by atoms with Crippen LogP contribution in [0.3, 0.4) is 0 Å². The highest BCUT2D eigenvalue weighted by atomic mass is 16.5. The van der Waals surface area contributed by atoms with Gasteiger partial charge in [-0.2, -0.15) is 0 Å². The second kappa shape index (κ2) is 9.08. The van der Waals surface area contributed by atoms with Crippen molar-refractivity contribution in [3.8, 4) is 5.75 Å². The average molecular weight is 381 g/mol. The third-order valence-corrected chi connectivity index (χ3v) is 6.16. The van der Waals surface area contributed by atoms with E-state index in [2.05, 4.69) is 53.4 Å². The number of rotatable bonds is 6. The lowest BCUT2D eigenvalue weighted by Gasteiger charge is -2.43. The number of fused-ring (bicyclic) bond motifs is 1. The van der Waals surface area contributed by atoms with Gasteiger partial charge in [0, 0.05) is 19.7 Å². The van der Waals surface area contributed by atoms with Crippen LogP contribution in [0.25, 0.3) is 0 Å². The van der Waals surface area contributed by atoms with Gasteiger partial charge < -0.3 is 15.2 Å². The Kier molecular flexibility index (Phi) is 6.30. The second-order valence-corrected chi connectivity index (χ2v) is 8.13. The van der Waals surface area contributed by atoms with Crippen LogP contribution in [-0.4, -0.2) is 43.8 Å². The van der Waals surface area contributed by atoms with Crippen molar-refractivity contribution < 1.29 is 9.47 Å². The molecule has 0 saturated carbocycles. The van der Waals surface area contributed by atoms with Gasteiger partial charge in [0.25, 0.3) is 0 Å². The van der Waals surface area contributed by atoms with Gasteiger partial charge in [0.1, 0.15) is 11.9 Å². The van der Waals surface area contributed by atoms with Gasteiger partial charge in [-0.3, -0.25) is 4.90 Å². The van der Waals surface area contributed by atoms with E-state index in [0.717, 1.165) is 51.1 Å². The van der Waals surface area contributed by atoms with Crippen LogP contribution in [0.2, 0.25) is 0 Å². The molecule has 150 valence electrons. The van der Waals surface area contributed by atoms with Crippen molar-refractivity contribution in [1.29, 1.82) is 0 Å². The second-order valence-electron chi connectivity index (χ2n) is 8.13. The number of methoxy groups -OCH3 is 1. The highest BCUT2D eigenvalue weighted by Gasteiger charge is 2.36. The van der Waals surface area contributed by atoms with Gasteiger partial charge in [-0.25, -0.2) is 0 Å². The van der Waals surface area contributed by atoms with Crippen molar-refractivity contribution in [2.45, 2.75) is 50.3 Å². The summed E-state index contributed by atoms with van der Waals surface area (Å²) in [5, 5.41) is 0. The quantitative estimate of drug-likeness (QED) is 0.829. The summed E-state index contributed by atoms with van der Waals surface area (Å²) in [7, 11) is 1.74. The van der Waals surface area contributed by atoms with Gasteiger partial charge in [0.15, 0.2) is 0 Å². The molecule has 0 aromatic heterocycles. The lowest BCUT2D eigenvalue weighted by Crippen LogP contribution is -2.51. The predicted octanol–water partition coefficient (Wildman–Crippen LogP) is 3.73. The summed E-state index contributed by atoms with van der Waals surface area (Å²) in [4.78, 5) is 2.57. The molecule has 0 spiro atoms. The van der Waals surface area contributed by atoms with Gasteiger partial charge in [-0.1, -0.05) is 36.4 Å². The number of piperidine rings is 1. The molecule has 2 aromatic carbocycles. The Morgan fingerprint density at radius 1 is 1.07 bits per heavy atom. The molecule has 3 atom stereocenters. The summed E-state index contributed by atoms with van der Waals surface area (Å²) in [5.41, 5.74) is 10.3. The van der Waals surface area contributed by atoms with Crippen molar-refractivity contribution in [2.24, 2.45) is 5.73 Å². The van der Waals surface area contributed by atoms with Crippen molar-refractivity contribution in [2.75, 3.05) is 26.8 Å². The monoisotopic (exact) mass is 380 g/mol. The molecule has 4 heteroatoms. The number of aryl methyl sites for hydroxylation is 1. The van der Waals surface area contributed by atoms with E-state index < -0.39 is 0 Å². The third kappa shape index (κ3) is 4.40. The molecule has 0 amide bonds. The van der Waals surface area contributed by atoms with E-state index in [-0.39, 0.29) is 12.1 Å². The Bertz CT molecular complexity index is 761. The van der Waals surface area contributed by atoms with E-state index in [9.17, 15) is 0 Å². The summed E-state index contributed by atoms with van der Waals surface area (Å²) >= 11 is 0. The van der Waals surface area contributed by atoms with Gasteiger partial charge in [-0.05, 0) is 67.5 Å². The summed E-state index contributed by atoms with van der Waals surface area (Å²) in [6.07, 6.45) is 5.54. The van der Waals surface area contributed by atoms with Gasteiger partial charge in [-0.15, -0.1) is 0 Å². The van der Waals surface area contributed by atoms with Crippen LogP contribution in [0, 0.1) is 0 Å². The maximum absolute atomic E-state index is 6.63. The molecule has 4 nitrogen and oxygen atoms in total. The number of nitrogens with zero attached hydrogens (tertiary/aromatic N) is 1. The number of hydrogen-bond acceptors (Lipinski definition) is 4. The molecule has 0 unspecified atom stereocenters. The molecule has 0 radical (unpaired) electrons. The van der Waals surface area contributed by atoms with E-state index >= 15 is 0 Å². The Morgan fingerprint density at radius 2 is 1.89 bits per heavy atom. The van der Waals surface area contributed by atoms with E-state index in [0.29, 0.717) is 6.04 Å². The lowest BCUT2D eigenvalue weighted by atomic mass is 9.84. The number of hydrogen-bond donors (Lipinski definition) is 1. The largest absolute Gasteiger partial charge is 0.484 e. The Hall–Kier alpha value is -1.88. The van der Waals surface area contributed by atoms with Crippen molar-refractivity contribution in [3.05, 3.63) is 65.2 Å². The zero-order valence-corrected chi connectivity index (χ0v) is 16.8. The SMILES string of the molecule is COCCc1ccc(O[C@H]2c3ccccc3CC[C@@H]2N2CCC[C@@H](N)C2)cc1. The number of benzene rings is 2. The van der Waals surface area contributed by atoms with Gasteiger partial charge in [0.2, 0.25) is 0 Å². The fourth-order valence-corrected chi connectivity index (χ4v) is 4.66. The minimum absolute atomic E-state index is 0.0556. The first-order chi connectivity index (χ1) is 13.7. The maximum Gasteiger partial charge on any atom is 0.139 e. The summed E-state index contributed by atoms with van der Waals surface area (Å²) in [6, 6.07) is 17.9. The van der Waals surface area contributed by atoms with Crippen LogP contribution >= 0.6 is 0 Å². The molecule has 1 heterocycles. The molecule has 1 aliphatic carbocycles. The lowest BCUT2D eigenvalue weighted by molar-refractivity contribution is 0.0367. The number of nitrogens with two attached hydrogens (primary N) is 1. The van der Waals surface area contributed by atoms with Gasteiger partial charge >= 0.3 is 0 Å². The van der Waals surface area contributed by atoms with Crippen LogP contribution < -0.4 is 10.5 Å². The van der Waals surface area contributed by atoms with E-state index in [4.69, 9.17) is 15.2 Å². The average Bonchev–Trinajstić information content (AvgIpc) is 2.73. The molecule has 1 aliphatic heterocycles. The topological polar surface area (TPSA) is 47.7 Å². The Morgan fingerprint density at radius 3 is 2.68 bits per heavy atom. The zero-order chi connectivity index (χ0) is 19.3. The first-order valence-corrected chi connectivity index (χ1v) is 10.6. The Labute approximate surface area is 168 Å². The standard InChI is InChI=1S/C24H32N2O2/c1-27-16-14-18-8-11-21(12-9-18)28-24-22-7-3-2-5-19(22)10-13-23(24)26-15-4-6-20(25)17-26/h2-3,5,7-9,11-12,20,23-24H,4,6,10,13-17,25H2,1H3/t20-,23+,24+/m1/s1. The molecule has 1 fully saturated rings. The number of ether oxygens (including phenoxy) is 2. The molecule has 2 aliphatic rings. The van der Waals surface area contributed by atoms with E-state index in [1.165, 1.54) is 23.1 Å². The predicted molar refractivity (Wildman–Crippen MR) is 113 cm³/mol. The third-order valence-electron chi connectivity index (χ3n) is 6.16. The van der Waals surface area contributed by atoms with Crippen LogP contribution in [0.4, 0.5) is 0 Å². The van der Waals surface area contributed by atoms with Crippen molar-refractivity contribution in [3.63, 3.8) is 0 Å². The molecular formula is C24H32N2O2. The summed E-state index contributed by atoms with van der Waals surface area (Å²) < 4.78 is 11.8. The molecule has 2 aromatic rings. The fraction of sp³-hybridized carbons (Fsp3) is 0.500. The molecule has 1 saturated heterocycles. The molecular weight excluding hydrogens is 348 g/mol. The van der Waals surface area contributed by atoms with Gasteiger partial charge in [0.05, 0.1) is 12.6 Å². The zero-order valence-electron chi connectivity index (χ0n) is 16.8. The number of likely N-dealkylation sites (tertiary alicyclic amines) is 1. The smallest absolute Gasteiger partial charge is 0.139 e. The summed E-state index contributed by atoms with van der Waals surface area (Å²) in [6.45, 7) is 2.84. The Balaban J connectivity index is 1.56. The molecule has 4 rings (SSSR count). The van der Waals surface area contributed by atoms with Crippen molar-refractivity contribution in [1.82, 2.24) is 4.90 Å². The van der Waals surface area contributed by atoms with E-state index in [1.54, 1.807) is 7.11 Å². The summed E-state index contributed by atoms with van der Waals surface area (Å²) in [5.74, 6) is 0.939. The first kappa shape index (κ1) is 19.4. The van der Waals surface area contributed by atoms with Crippen molar-refractivity contribution >= 4 is 0 Å². The van der Waals surface area contributed by atoms with Crippen LogP contribution in [0.15, 0.2) is 48.5 Å².